The fourth-order valence-electron chi connectivity index (χ4n) is 1.77. The average Bonchev–Trinajstić information content (AvgIpc) is 2.46. The largest absolute Gasteiger partial charge is 0.468 e. The van der Waals surface area contributed by atoms with E-state index < -0.39 is 11.9 Å². The van der Waals surface area contributed by atoms with Crippen molar-refractivity contribution in [2.24, 2.45) is 5.92 Å². The molecule has 110 valence electrons. The molecule has 0 bridgehead atoms. The van der Waals surface area contributed by atoms with E-state index in [0.717, 1.165) is 24.6 Å². The van der Waals surface area contributed by atoms with Crippen molar-refractivity contribution in [3.8, 4) is 0 Å². The second kappa shape index (κ2) is 8.74. The minimum Gasteiger partial charge on any atom is -0.468 e. The Morgan fingerprint density at radius 1 is 1.35 bits per heavy atom. The highest BCUT2D eigenvalue weighted by molar-refractivity contribution is 8.00. The Kier molecular flexibility index (Phi) is 7.30. The summed E-state index contributed by atoms with van der Waals surface area (Å²) in [5, 5.41) is 0. The van der Waals surface area contributed by atoms with Crippen LogP contribution in [0.25, 0.3) is 0 Å². The smallest absolute Gasteiger partial charge is 0.316 e. The molecule has 0 spiro atoms. The lowest BCUT2D eigenvalue weighted by Crippen LogP contribution is -2.26. The van der Waals surface area contributed by atoms with Gasteiger partial charge in [0.05, 0.1) is 12.9 Å². The normalized spacial score (nSPS) is 11.9. The first-order chi connectivity index (χ1) is 9.60. The topological polar surface area (TPSA) is 43.4 Å². The van der Waals surface area contributed by atoms with Crippen molar-refractivity contribution in [3.63, 3.8) is 0 Å². The lowest BCUT2D eigenvalue weighted by atomic mass is 9.98. The first-order valence-electron chi connectivity index (χ1n) is 6.58. The molecule has 0 saturated carbocycles. The number of ketones is 1. The van der Waals surface area contributed by atoms with Gasteiger partial charge in [0.25, 0.3) is 0 Å². The maximum absolute atomic E-state index is 13.4. The van der Waals surface area contributed by atoms with Crippen LogP contribution in [0.2, 0.25) is 0 Å². The number of hydrogen-bond acceptors (Lipinski definition) is 4. The number of unbranched alkanes of at least 4 members (excludes halogenated alkanes) is 1. The van der Waals surface area contributed by atoms with Gasteiger partial charge in [-0.1, -0.05) is 31.9 Å². The van der Waals surface area contributed by atoms with Crippen LogP contribution >= 0.6 is 11.8 Å². The van der Waals surface area contributed by atoms with Crippen molar-refractivity contribution in [2.75, 3.05) is 12.9 Å². The van der Waals surface area contributed by atoms with E-state index in [2.05, 4.69) is 4.74 Å². The summed E-state index contributed by atoms with van der Waals surface area (Å²) in [7, 11) is 1.28. The van der Waals surface area contributed by atoms with E-state index >= 15 is 0 Å². The van der Waals surface area contributed by atoms with E-state index in [9.17, 15) is 14.0 Å². The highest BCUT2D eigenvalue weighted by Gasteiger charge is 2.26. The molecule has 0 amide bonds. The molecule has 0 aromatic heterocycles. The molecule has 0 N–H and O–H groups in total. The Morgan fingerprint density at radius 3 is 2.65 bits per heavy atom. The molecular weight excluding hydrogens is 279 g/mol. The fourth-order valence-corrected chi connectivity index (χ4v) is 2.65. The SMILES string of the molecule is CCCCC(C(=O)CSc1ccccc1F)C(=O)OC. The molecule has 0 aliphatic heterocycles. The van der Waals surface area contributed by atoms with Crippen LogP contribution in [0.3, 0.4) is 0 Å². The van der Waals surface area contributed by atoms with Crippen molar-refractivity contribution in [2.45, 2.75) is 31.1 Å². The van der Waals surface area contributed by atoms with Gasteiger partial charge >= 0.3 is 5.97 Å². The highest BCUT2D eigenvalue weighted by Crippen LogP contribution is 2.23. The summed E-state index contributed by atoms with van der Waals surface area (Å²) in [4.78, 5) is 24.1. The van der Waals surface area contributed by atoms with Crippen LogP contribution < -0.4 is 0 Å². The zero-order valence-electron chi connectivity index (χ0n) is 11.7. The van der Waals surface area contributed by atoms with Crippen molar-refractivity contribution in [1.29, 1.82) is 0 Å². The van der Waals surface area contributed by atoms with Crippen molar-refractivity contribution in [1.82, 2.24) is 0 Å². The quantitative estimate of drug-likeness (QED) is 0.419. The molecule has 0 fully saturated rings. The van der Waals surface area contributed by atoms with Crippen LogP contribution in [-0.2, 0) is 14.3 Å². The maximum atomic E-state index is 13.4. The number of benzene rings is 1. The minimum absolute atomic E-state index is 0.0738. The fraction of sp³-hybridized carbons (Fsp3) is 0.467. The summed E-state index contributed by atoms with van der Waals surface area (Å²) >= 11 is 1.11. The molecule has 3 nitrogen and oxygen atoms in total. The second-order valence-electron chi connectivity index (χ2n) is 4.40. The summed E-state index contributed by atoms with van der Waals surface area (Å²) in [5.41, 5.74) is 0. The van der Waals surface area contributed by atoms with E-state index in [1.807, 2.05) is 6.92 Å². The summed E-state index contributed by atoms with van der Waals surface area (Å²) in [6, 6.07) is 6.28. The lowest BCUT2D eigenvalue weighted by Gasteiger charge is -2.13. The summed E-state index contributed by atoms with van der Waals surface area (Å²) in [5.74, 6) is -1.73. The number of ether oxygens (including phenoxy) is 1. The number of hydrogen-bond donors (Lipinski definition) is 0. The van der Waals surface area contributed by atoms with Gasteiger partial charge in [-0.25, -0.2) is 4.39 Å². The van der Waals surface area contributed by atoms with Gasteiger partial charge in [-0.3, -0.25) is 9.59 Å². The third kappa shape index (κ3) is 4.96. The van der Waals surface area contributed by atoms with Crippen molar-refractivity contribution < 1.29 is 18.7 Å². The van der Waals surface area contributed by atoms with E-state index in [0.29, 0.717) is 11.3 Å². The number of rotatable bonds is 8. The van der Waals surface area contributed by atoms with Crippen LogP contribution in [0, 0.1) is 11.7 Å². The van der Waals surface area contributed by atoms with E-state index in [4.69, 9.17) is 0 Å². The molecule has 0 aliphatic rings. The lowest BCUT2D eigenvalue weighted by molar-refractivity contribution is -0.149. The van der Waals surface area contributed by atoms with E-state index in [1.54, 1.807) is 18.2 Å². The molecule has 1 atom stereocenters. The van der Waals surface area contributed by atoms with Gasteiger partial charge in [0.2, 0.25) is 0 Å². The molecule has 0 radical (unpaired) electrons. The molecule has 0 saturated heterocycles. The first kappa shape index (κ1) is 16.7. The third-order valence-electron chi connectivity index (χ3n) is 2.93. The molecule has 1 aromatic rings. The Labute approximate surface area is 122 Å². The number of halogens is 1. The molecule has 0 aliphatic carbocycles. The molecule has 1 rings (SSSR count). The van der Waals surface area contributed by atoms with E-state index in [-0.39, 0.29) is 17.4 Å². The predicted octanol–water partition coefficient (Wildman–Crippen LogP) is 3.47. The summed E-state index contributed by atoms with van der Waals surface area (Å²) in [6.07, 6.45) is 2.18. The first-order valence-corrected chi connectivity index (χ1v) is 7.56. The molecule has 20 heavy (non-hydrogen) atoms. The zero-order valence-corrected chi connectivity index (χ0v) is 12.5. The van der Waals surface area contributed by atoms with Gasteiger partial charge in [0.1, 0.15) is 11.7 Å². The van der Waals surface area contributed by atoms with Gasteiger partial charge in [-0.05, 0) is 18.6 Å². The van der Waals surface area contributed by atoms with Crippen LogP contribution in [0.4, 0.5) is 4.39 Å². The molecule has 0 heterocycles. The van der Waals surface area contributed by atoms with Crippen LogP contribution in [0.5, 0.6) is 0 Å². The Hall–Kier alpha value is -1.36. The van der Waals surface area contributed by atoms with Crippen molar-refractivity contribution >= 4 is 23.5 Å². The zero-order chi connectivity index (χ0) is 15.0. The highest BCUT2D eigenvalue weighted by atomic mass is 32.2. The third-order valence-corrected chi connectivity index (χ3v) is 4.00. The van der Waals surface area contributed by atoms with Crippen LogP contribution in [-0.4, -0.2) is 24.6 Å². The number of thioether (sulfide) groups is 1. The van der Waals surface area contributed by atoms with E-state index in [1.165, 1.54) is 13.2 Å². The molecule has 1 aromatic carbocycles. The van der Waals surface area contributed by atoms with Gasteiger partial charge < -0.3 is 4.74 Å². The Morgan fingerprint density at radius 2 is 2.05 bits per heavy atom. The summed E-state index contributed by atoms with van der Waals surface area (Å²) in [6.45, 7) is 1.99. The molecule has 1 unspecified atom stereocenters. The second-order valence-corrected chi connectivity index (χ2v) is 5.42. The number of methoxy groups -OCH3 is 1. The predicted molar refractivity (Wildman–Crippen MR) is 77.2 cm³/mol. The number of carbonyl (C=O) groups is 2. The average molecular weight is 298 g/mol. The standard InChI is InChI=1S/C15H19FO3S/c1-3-4-7-11(15(18)19-2)13(17)10-20-14-9-6-5-8-12(14)16/h5-6,8-9,11H,3-4,7,10H2,1-2H3. The van der Waals surface area contributed by atoms with Gasteiger partial charge in [-0.15, -0.1) is 11.8 Å². The molecular formula is C15H19FO3S. The van der Waals surface area contributed by atoms with Crippen LogP contribution in [0.1, 0.15) is 26.2 Å². The maximum Gasteiger partial charge on any atom is 0.316 e. The van der Waals surface area contributed by atoms with Crippen LogP contribution in [0.15, 0.2) is 29.2 Å². The van der Waals surface area contributed by atoms with Gasteiger partial charge in [0, 0.05) is 4.90 Å². The molecule has 5 heteroatoms. The number of carbonyl (C=O) groups excluding carboxylic acids is 2. The number of esters is 1. The Balaban J connectivity index is 2.62. The van der Waals surface area contributed by atoms with Crippen molar-refractivity contribution in [3.05, 3.63) is 30.1 Å². The minimum atomic E-state index is -0.737. The Bertz CT molecular complexity index is 462. The van der Waals surface area contributed by atoms with Gasteiger partial charge in [0.15, 0.2) is 5.78 Å². The monoisotopic (exact) mass is 298 g/mol. The van der Waals surface area contributed by atoms with Gasteiger partial charge in [-0.2, -0.15) is 0 Å². The summed E-state index contributed by atoms with van der Waals surface area (Å²) < 4.78 is 18.1. The number of Topliss-reactive ketones (excluding diaryl/α,β-unsaturated/α-hetero) is 1.